The van der Waals surface area contributed by atoms with Gasteiger partial charge in [0.1, 0.15) is 0 Å². The summed E-state index contributed by atoms with van der Waals surface area (Å²) >= 11 is 0. The van der Waals surface area contributed by atoms with E-state index < -0.39 is 0 Å². The molecule has 1 fully saturated rings. The summed E-state index contributed by atoms with van der Waals surface area (Å²) in [4.78, 5) is 26.4. The van der Waals surface area contributed by atoms with Crippen molar-refractivity contribution in [1.29, 1.82) is 0 Å². The van der Waals surface area contributed by atoms with Crippen LogP contribution in [0.25, 0.3) is 0 Å². The largest absolute Gasteiger partial charge is 0.326 e. The van der Waals surface area contributed by atoms with Crippen LogP contribution in [-0.2, 0) is 9.59 Å². The Kier molecular flexibility index (Phi) is 4.15. The summed E-state index contributed by atoms with van der Waals surface area (Å²) in [5, 5.41) is 2.94. The van der Waals surface area contributed by atoms with E-state index in [1.807, 2.05) is 56.3 Å². The van der Waals surface area contributed by atoms with Crippen molar-refractivity contribution in [2.24, 2.45) is 5.92 Å². The first-order chi connectivity index (χ1) is 11.0. The van der Waals surface area contributed by atoms with Gasteiger partial charge in [-0.2, -0.15) is 0 Å². The van der Waals surface area contributed by atoms with Gasteiger partial charge in [0.25, 0.3) is 0 Å². The van der Waals surface area contributed by atoms with Crippen LogP contribution in [-0.4, -0.2) is 18.4 Å². The molecule has 2 amide bonds. The van der Waals surface area contributed by atoms with E-state index in [4.69, 9.17) is 0 Å². The van der Waals surface area contributed by atoms with Gasteiger partial charge in [-0.1, -0.05) is 24.3 Å². The van der Waals surface area contributed by atoms with Crippen LogP contribution >= 0.6 is 0 Å². The lowest BCUT2D eigenvalue weighted by Gasteiger charge is -2.16. The van der Waals surface area contributed by atoms with Crippen molar-refractivity contribution < 1.29 is 9.59 Å². The number of amides is 2. The fourth-order valence-electron chi connectivity index (χ4n) is 3.03. The van der Waals surface area contributed by atoms with Crippen molar-refractivity contribution in [2.45, 2.75) is 20.3 Å². The van der Waals surface area contributed by atoms with Gasteiger partial charge in [-0.15, -0.1) is 0 Å². The molecule has 23 heavy (non-hydrogen) atoms. The number of nitrogens with zero attached hydrogens (tertiary/aromatic N) is 1. The molecule has 1 aliphatic heterocycles. The molecule has 0 radical (unpaired) electrons. The zero-order valence-electron chi connectivity index (χ0n) is 13.4. The molecule has 1 heterocycles. The number of hydrogen-bond acceptors (Lipinski definition) is 2. The fourth-order valence-corrected chi connectivity index (χ4v) is 3.03. The highest BCUT2D eigenvalue weighted by Crippen LogP contribution is 2.26. The Bertz CT molecular complexity index is 720. The summed E-state index contributed by atoms with van der Waals surface area (Å²) in [5.74, 6) is -0.415. The Morgan fingerprint density at radius 1 is 1.09 bits per heavy atom. The number of nitrogens with one attached hydrogen (secondary N) is 1. The molecule has 2 aromatic carbocycles. The number of rotatable bonds is 3. The van der Waals surface area contributed by atoms with Crippen molar-refractivity contribution >= 4 is 23.2 Å². The first-order valence-corrected chi connectivity index (χ1v) is 7.77. The zero-order chi connectivity index (χ0) is 16.4. The quantitative estimate of drug-likeness (QED) is 0.946. The molecule has 0 spiro atoms. The first-order valence-electron chi connectivity index (χ1n) is 7.77. The number of anilines is 2. The summed E-state index contributed by atoms with van der Waals surface area (Å²) in [7, 11) is 0. The summed E-state index contributed by atoms with van der Waals surface area (Å²) in [6.07, 6.45) is 0.255. The van der Waals surface area contributed by atoms with Crippen molar-refractivity contribution in [2.75, 3.05) is 16.8 Å². The van der Waals surface area contributed by atoms with E-state index >= 15 is 0 Å². The van der Waals surface area contributed by atoms with Gasteiger partial charge in [-0.25, -0.2) is 0 Å². The number of carbonyl (C=O) groups is 2. The van der Waals surface area contributed by atoms with E-state index in [1.165, 1.54) is 0 Å². The van der Waals surface area contributed by atoms with Crippen LogP contribution in [0.2, 0.25) is 0 Å². The van der Waals surface area contributed by atoms with E-state index in [2.05, 4.69) is 11.4 Å². The maximum Gasteiger partial charge on any atom is 0.229 e. The maximum absolute atomic E-state index is 12.5. The molecule has 4 nitrogen and oxygen atoms in total. The second kappa shape index (κ2) is 6.24. The number of aryl methyl sites for hydroxylation is 2. The third-order valence-electron chi connectivity index (χ3n) is 4.05. The lowest BCUT2D eigenvalue weighted by molar-refractivity contribution is -0.122. The predicted octanol–water partition coefficient (Wildman–Crippen LogP) is 3.30. The average molecular weight is 308 g/mol. The number of hydrogen-bond donors (Lipinski definition) is 1. The van der Waals surface area contributed by atoms with Gasteiger partial charge >= 0.3 is 0 Å². The standard InChI is InChI=1S/C19H20N2O2/c1-13-8-14(2)10-16(9-13)20-19(23)15-11-18(22)21(12-15)17-6-4-3-5-7-17/h3-10,15H,11-12H2,1-2H3,(H,20,23). The van der Waals surface area contributed by atoms with E-state index in [9.17, 15) is 9.59 Å². The van der Waals surface area contributed by atoms with Gasteiger partial charge in [0.05, 0.1) is 5.92 Å². The van der Waals surface area contributed by atoms with Crippen LogP contribution in [0.4, 0.5) is 11.4 Å². The topological polar surface area (TPSA) is 49.4 Å². The lowest BCUT2D eigenvalue weighted by Crippen LogP contribution is -2.28. The second-order valence-corrected chi connectivity index (χ2v) is 6.11. The Morgan fingerprint density at radius 2 is 1.74 bits per heavy atom. The summed E-state index contributed by atoms with van der Waals surface area (Å²) in [6.45, 7) is 4.43. The minimum absolute atomic E-state index is 0.00299. The molecule has 1 N–H and O–H groups in total. The maximum atomic E-state index is 12.5. The average Bonchev–Trinajstić information content (AvgIpc) is 2.89. The van der Waals surface area contributed by atoms with Crippen LogP contribution in [0.1, 0.15) is 17.5 Å². The van der Waals surface area contributed by atoms with E-state index in [-0.39, 0.29) is 24.2 Å². The van der Waals surface area contributed by atoms with Gasteiger partial charge in [-0.3, -0.25) is 9.59 Å². The Balaban J connectivity index is 1.70. The Morgan fingerprint density at radius 3 is 2.39 bits per heavy atom. The molecule has 1 atom stereocenters. The number of para-hydroxylation sites is 1. The van der Waals surface area contributed by atoms with Crippen LogP contribution in [0.5, 0.6) is 0 Å². The predicted molar refractivity (Wildman–Crippen MR) is 91.4 cm³/mol. The van der Waals surface area contributed by atoms with Gasteiger partial charge < -0.3 is 10.2 Å². The Labute approximate surface area is 136 Å². The summed E-state index contributed by atoms with van der Waals surface area (Å²) < 4.78 is 0. The minimum Gasteiger partial charge on any atom is -0.326 e. The van der Waals surface area contributed by atoms with Crippen molar-refractivity contribution in [3.63, 3.8) is 0 Å². The smallest absolute Gasteiger partial charge is 0.229 e. The minimum atomic E-state index is -0.316. The summed E-state index contributed by atoms with van der Waals surface area (Å²) in [6, 6.07) is 15.4. The molecule has 0 saturated carbocycles. The van der Waals surface area contributed by atoms with Crippen LogP contribution in [0.15, 0.2) is 48.5 Å². The van der Waals surface area contributed by atoms with Crippen molar-refractivity contribution in [3.05, 3.63) is 59.7 Å². The molecule has 1 aliphatic rings. The molecular weight excluding hydrogens is 288 g/mol. The highest BCUT2D eigenvalue weighted by atomic mass is 16.2. The lowest BCUT2D eigenvalue weighted by atomic mass is 10.1. The van der Waals surface area contributed by atoms with Crippen LogP contribution in [0.3, 0.4) is 0 Å². The molecular formula is C19H20N2O2. The van der Waals surface area contributed by atoms with Gasteiger partial charge in [0, 0.05) is 24.3 Å². The number of carbonyl (C=O) groups excluding carboxylic acids is 2. The molecule has 2 aromatic rings. The van der Waals surface area contributed by atoms with E-state index in [1.54, 1.807) is 4.90 Å². The molecule has 0 aromatic heterocycles. The van der Waals surface area contributed by atoms with Crippen LogP contribution < -0.4 is 10.2 Å². The SMILES string of the molecule is Cc1cc(C)cc(NC(=O)C2CC(=O)N(c3ccccc3)C2)c1. The van der Waals surface area contributed by atoms with E-state index in [0.29, 0.717) is 6.54 Å². The van der Waals surface area contributed by atoms with Gasteiger partial charge in [-0.05, 0) is 49.2 Å². The molecule has 1 saturated heterocycles. The monoisotopic (exact) mass is 308 g/mol. The normalized spacial score (nSPS) is 17.4. The summed E-state index contributed by atoms with van der Waals surface area (Å²) in [5.41, 5.74) is 3.85. The number of benzene rings is 2. The first kappa shape index (κ1) is 15.3. The molecule has 1 unspecified atom stereocenters. The van der Waals surface area contributed by atoms with Crippen molar-refractivity contribution in [3.8, 4) is 0 Å². The molecule has 118 valence electrons. The van der Waals surface area contributed by atoms with Crippen molar-refractivity contribution in [1.82, 2.24) is 0 Å². The molecule has 3 rings (SSSR count). The molecule has 0 bridgehead atoms. The van der Waals surface area contributed by atoms with Gasteiger partial charge in [0.2, 0.25) is 11.8 Å². The fraction of sp³-hybridized carbons (Fsp3) is 0.263. The zero-order valence-corrected chi connectivity index (χ0v) is 13.4. The highest BCUT2D eigenvalue weighted by Gasteiger charge is 2.35. The van der Waals surface area contributed by atoms with E-state index in [0.717, 1.165) is 22.5 Å². The van der Waals surface area contributed by atoms with Crippen LogP contribution in [0, 0.1) is 19.8 Å². The molecule has 0 aliphatic carbocycles. The third-order valence-corrected chi connectivity index (χ3v) is 4.05. The Hall–Kier alpha value is -2.62. The van der Waals surface area contributed by atoms with Gasteiger partial charge in [0.15, 0.2) is 0 Å². The molecule has 4 heteroatoms. The second-order valence-electron chi connectivity index (χ2n) is 6.11. The highest BCUT2D eigenvalue weighted by molar-refractivity contribution is 6.03. The third kappa shape index (κ3) is 3.42.